The molecule has 3 N–H and O–H groups in total. The van der Waals surface area contributed by atoms with Crippen molar-refractivity contribution in [2.45, 2.75) is 6.42 Å². The summed E-state index contributed by atoms with van der Waals surface area (Å²) in [7, 11) is 0. The van der Waals surface area contributed by atoms with E-state index in [2.05, 4.69) is 15.3 Å². The fraction of sp³-hybridized carbons (Fsp3) is 0.800. The summed E-state index contributed by atoms with van der Waals surface area (Å²) in [4.78, 5) is 42.1. The molecule has 1 heterocycles. The van der Waals surface area contributed by atoms with Crippen LogP contribution in [0.1, 0.15) is 6.42 Å². The molecule has 1 fully saturated rings. The third-order valence-corrected chi connectivity index (χ3v) is 4.10. The summed E-state index contributed by atoms with van der Waals surface area (Å²) in [5, 5.41) is 24.2. The maximum Gasteiger partial charge on any atom is 0.317 e. The van der Waals surface area contributed by atoms with E-state index in [0.29, 0.717) is 58.8 Å². The summed E-state index contributed by atoms with van der Waals surface area (Å²) in [5.74, 6) is -2.06. The summed E-state index contributed by atoms with van der Waals surface area (Å²) in [6.07, 6.45) is 0.550. The van der Waals surface area contributed by atoms with Crippen LogP contribution in [-0.2, 0) is 14.4 Å². The van der Waals surface area contributed by atoms with Crippen LogP contribution in [0.25, 0.3) is 10.4 Å². The first-order valence-electron chi connectivity index (χ1n) is 8.79. The Bertz CT molecular complexity index is 539. The molecule has 1 amide bonds. The predicted octanol–water partition coefficient (Wildman–Crippen LogP) is 0.157. The quantitative estimate of drug-likeness (QED) is 0.167. The fourth-order valence-electron chi connectivity index (χ4n) is 2.72. The zero-order chi connectivity index (χ0) is 20.1. The number of hydrogen-bond acceptors (Lipinski definition) is 7. The number of carboxylic acid groups (broad SMARTS) is 2. The molecule has 1 rings (SSSR count). The van der Waals surface area contributed by atoms with E-state index in [1.54, 1.807) is 9.80 Å². The molecule has 0 atom stereocenters. The SMILES string of the molecule is Cl.Cl.Cl.[N-]=[N+]=NCCCNC(=O)CN1CCN(CC(=O)O)CCN(CC(=O)O)CC1. The number of halogens is 3. The molecular weight excluding hydrogens is 465 g/mol. The monoisotopic (exact) mass is 493 g/mol. The van der Waals surface area contributed by atoms with Crippen LogP contribution in [0.2, 0.25) is 0 Å². The minimum Gasteiger partial charge on any atom is -0.480 e. The summed E-state index contributed by atoms with van der Waals surface area (Å²) in [6, 6.07) is 0. The van der Waals surface area contributed by atoms with Gasteiger partial charge in [0.2, 0.25) is 5.91 Å². The van der Waals surface area contributed by atoms with Crippen molar-refractivity contribution >= 4 is 55.1 Å². The molecule has 0 aromatic heterocycles. The van der Waals surface area contributed by atoms with E-state index in [1.807, 2.05) is 4.90 Å². The van der Waals surface area contributed by atoms with Gasteiger partial charge in [0.25, 0.3) is 0 Å². The molecule has 0 aromatic carbocycles. The Morgan fingerprint density at radius 2 is 1.23 bits per heavy atom. The molecule has 0 radical (unpaired) electrons. The number of carbonyl (C=O) groups is 3. The molecule has 1 aliphatic heterocycles. The van der Waals surface area contributed by atoms with Crippen molar-refractivity contribution < 1.29 is 24.6 Å². The van der Waals surface area contributed by atoms with Crippen LogP contribution in [0.3, 0.4) is 0 Å². The van der Waals surface area contributed by atoms with Crippen molar-refractivity contribution in [3.8, 4) is 0 Å². The van der Waals surface area contributed by atoms with Gasteiger partial charge < -0.3 is 15.5 Å². The lowest BCUT2D eigenvalue weighted by molar-refractivity contribution is -0.140. The van der Waals surface area contributed by atoms with Crippen LogP contribution in [0.5, 0.6) is 0 Å². The largest absolute Gasteiger partial charge is 0.480 e. The maximum absolute atomic E-state index is 12.1. The van der Waals surface area contributed by atoms with Gasteiger partial charge in [-0.3, -0.25) is 29.1 Å². The smallest absolute Gasteiger partial charge is 0.317 e. The lowest BCUT2D eigenvalue weighted by atomic mass is 10.3. The van der Waals surface area contributed by atoms with Gasteiger partial charge in [-0.2, -0.15) is 0 Å². The summed E-state index contributed by atoms with van der Waals surface area (Å²) in [6.45, 7) is 3.52. The molecule has 176 valence electrons. The van der Waals surface area contributed by atoms with Gasteiger partial charge in [0.15, 0.2) is 0 Å². The molecule has 0 saturated carbocycles. The molecule has 12 nitrogen and oxygen atoms in total. The number of azide groups is 1. The first kappa shape index (κ1) is 33.1. The first-order valence-corrected chi connectivity index (χ1v) is 8.79. The van der Waals surface area contributed by atoms with Gasteiger partial charge in [0.05, 0.1) is 19.6 Å². The molecule has 1 saturated heterocycles. The number of nitrogens with one attached hydrogen (secondary N) is 1. The van der Waals surface area contributed by atoms with Crippen molar-refractivity contribution in [3.05, 3.63) is 10.4 Å². The molecule has 30 heavy (non-hydrogen) atoms. The molecule has 0 aliphatic carbocycles. The summed E-state index contributed by atoms with van der Waals surface area (Å²) in [5.41, 5.74) is 8.20. The molecular formula is C15H30Cl3N7O5. The predicted molar refractivity (Wildman–Crippen MR) is 118 cm³/mol. The molecule has 0 aromatic rings. The highest BCUT2D eigenvalue weighted by molar-refractivity contribution is 5.86. The van der Waals surface area contributed by atoms with Crippen molar-refractivity contribution in [2.75, 3.05) is 72.0 Å². The number of carboxylic acids is 2. The zero-order valence-corrected chi connectivity index (χ0v) is 19.0. The van der Waals surface area contributed by atoms with Crippen molar-refractivity contribution in [3.63, 3.8) is 0 Å². The van der Waals surface area contributed by atoms with Gasteiger partial charge in [-0.1, -0.05) is 5.11 Å². The summed E-state index contributed by atoms with van der Waals surface area (Å²) < 4.78 is 0. The lowest BCUT2D eigenvalue weighted by Gasteiger charge is -2.24. The number of carbonyl (C=O) groups excluding carboxylic acids is 1. The lowest BCUT2D eigenvalue weighted by Crippen LogP contribution is -2.43. The number of hydrogen-bond donors (Lipinski definition) is 3. The first-order chi connectivity index (χ1) is 12.9. The van der Waals surface area contributed by atoms with Crippen LogP contribution < -0.4 is 5.32 Å². The van der Waals surface area contributed by atoms with Crippen LogP contribution in [0.4, 0.5) is 0 Å². The van der Waals surface area contributed by atoms with Gasteiger partial charge in [-0.15, -0.1) is 37.2 Å². The van der Waals surface area contributed by atoms with E-state index < -0.39 is 11.9 Å². The normalized spacial score (nSPS) is 15.5. The van der Waals surface area contributed by atoms with E-state index in [-0.39, 0.29) is 62.8 Å². The highest BCUT2D eigenvalue weighted by atomic mass is 35.5. The van der Waals surface area contributed by atoms with Crippen LogP contribution in [0.15, 0.2) is 5.11 Å². The molecule has 1 aliphatic rings. The number of nitrogens with zero attached hydrogens (tertiary/aromatic N) is 6. The number of amides is 1. The minimum absolute atomic E-state index is 0. The van der Waals surface area contributed by atoms with Gasteiger partial charge >= 0.3 is 11.9 Å². The Labute approximate surface area is 193 Å². The van der Waals surface area contributed by atoms with Crippen LogP contribution in [-0.4, -0.2) is 115 Å². The van der Waals surface area contributed by atoms with E-state index in [0.717, 1.165) is 0 Å². The summed E-state index contributed by atoms with van der Waals surface area (Å²) >= 11 is 0. The molecule has 0 spiro atoms. The van der Waals surface area contributed by atoms with Gasteiger partial charge in [-0.05, 0) is 12.0 Å². The average molecular weight is 495 g/mol. The van der Waals surface area contributed by atoms with Gasteiger partial charge in [-0.25, -0.2) is 0 Å². The Morgan fingerprint density at radius 3 is 1.60 bits per heavy atom. The van der Waals surface area contributed by atoms with E-state index in [1.165, 1.54) is 0 Å². The standard InChI is InChI=1S/C15H27N7O5.3ClH/c16-19-18-3-1-2-17-13(23)10-20-4-6-21(11-14(24)25)8-9-22(7-5-20)12-15(26)27;;;/h1-12H2,(H,17,23)(H,24,25)(H,26,27);3*1H. The Morgan fingerprint density at radius 1 is 0.833 bits per heavy atom. The van der Waals surface area contributed by atoms with Crippen molar-refractivity contribution in [1.82, 2.24) is 20.0 Å². The van der Waals surface area contributed by atoms with Crippen LogP contribution >= 0.6 is 37.2 Å². The number of rotatable bonds is 10. The third kappa shape index (κ3) is 16.3. The Kier molecular flexibility index (Phi) is 21.5. The van der Waals surface area contributed by atoms with E-state index in [4.69, 9.17) is 15.7 Å². The highest BCUT2D eigenvalue weighted by Crippen LogP contribution is 2.01. The van der Waals surface area contributed by atoms with Crippen molar-refractivity contribution in [1.29, 1.82) is 0 Å². The molecule has 15 heteroatoms. The Balaban J connectivity index is -0.00000243. The van der Waals surface area contributed by atoms with E-state index in [9.17, 15) is 14.4 Å². The van der Waals surface area contributed by atoms with Crippen LogP contribution in [0, 0.1) is 0 Å². The zero-order valence-electron chi connectivity index (χ0n) is 16.5. The number of aliphatic carboxylic acids is 2. The average Bonchev–Trinajstić information content (AvgIpc) is 2.67. The van der Waals surface area contributed by atoms with Crippen molar-refractivity contribution in [2.24, 2.45) is 5.11 Å². The highest BCUT2D eigenvalue weighted by Gasteiger charge is 2.20. The second kappa shape index (κ2) is 19.4. The second-order valence-corrected chi connectivity index (χ2v) is 6.27. The second-order valence-electron chi connectivity index (χ2n) is 6.27. The molecule has 0 bridgehead atoms. The maximum atomic E-state index is 12.1. The minimum atomic E-state index is -0.941. The van der Waals surface area contributed by atoms with Gasteiger partial charge in [0.1, 0.15) is 0 Å². The third-order valence-electron chi connectivity index (χ3n) is 4.10. The Hall–Kier alpha value is -1.53. The van der Waals surface area contributed by atoms with Gasteiger partial charge in [0, 0.05) is 57.3 Å². The fourth-order valence-corrected chi connectivity index (χ4v) is 2.72. The molecule has 0 unspecified atom stereocenters. The topological polar surface area (TPSA) is 162 Å². The van der Waals surface area contributed by atoms with E-state index >= 15 is 0 Å².